The summed E-state index contributed by atoms with van der Waals surface area (Å²) in [7, 11) is 0. The Kier molecular flexibility index (Phi) is 6.47. The first-order valence-corrected chi connectivity index (χ1v) is 9.93. The lowest BCUT2D eigenvalue weighted by Crippen LogP contribution is -2.57. The van der Waals surface area contributed by atoms with Crippen molar-refractivity contribution in [3.05, 3.63) is 71.0 Å². The van der Waals surface area contributed by atoms with Gasteiger partial charge in [-0.2, -0.15) is 0 Å². The molecule has 2 aromatic carbocycles. The predicted molar refractivity (Wildman–Crippen MR) is 108 cm³/mol. The van der Waals surface area contributed by atoms with Gasteiger partial charge in [-0.3, -0.25) is 4.79 Å². The van der Waals surface area contributed by atoms with Gasteiger partial charge in [0.05, 0.1) is 0 Å². The number of halogens is 1. The number of hydrogen-bond donors (Lipinski definition) is 2. The molecule has 0 radical (unpaired) electrons. The monoisotopic (exact) mass is 384 g/mol. The van der Waals surface area contributed by atoms with Crippen molar-refractivity contribution in [2.75, 3.05) is 13.1 Å². The van der Waals surface area contributed by atoms with Crippen molar-refractivity contribution in [3.8, 4) is 0 Å². The van der Waals surface area contributed by atoms with E-state index in [-0.39, 0.29) is 18.3 Å². The largest absolute Gasteiger partial charge is 0.379 e. The maximum atomic E-state index is 13.0. The summed E-state index contributed by atoms with van der Waals surface area (Å²) in [4.78, 5) is 14.6. The molecule has 1 aliphatic rings. The Morgan fingerprint density at radius 3 is 2.39 bits per heavy atom. The van der Waals surface area contributed by atoms with Crippen LogP contribution in [0.1, 0.15) is 49.3 Å². The third-order valence-corrected chi connectivity index (χ3v) is 5.38. The molecule has 1 amide bonds. The van der Waals surface area contributed by atoms with Crippen LogP contribution in [0.3, 0.4) is 0 Å². The molecule has 0 aliphatic carbocycles. The van der Waals surface area contributed by atoms with Gasteiger partial charge >= 0.3 is 0 Å². The summed E-state index contributed by atoms with van der Waals surface area (Å²) < 4.78 is 13.0. The Hall–Kier alpha value is -2.24. The van der Waals surface area contributed by atoms with Crippen LogP contribution in [0.2, 0.25) is 0 Å². The summed E-state index contributed by atoms with van der Waals surface area (Å²) in [5.41, 5.74) is 1.86. The molecule has 2 aromatic rings. The molecule has 28 heavy (non-hydrogen) atoms. The number of piperidine rings is 1. The molecule has 1 fully saturated rings. The SMILES string of the molecule is CC(C)c1ccc(CN2CCC[C@](O)(CNCc3ccc(F)cc3)C2=O)cc1. The van der Waals surface area contributed by atoms with Crippen molar-refractivity contribution < 1.29 is 14.3 Å². The Balaban J connectivity index is 1.58. The van der Waals surface area contributed by atoms with E-state index in [0.29, 0.717) is 32.0 Å². The van der Waals surface area contributed by atoms with Crippen molar-refractivity contribution in [2.24, 2.45) is 0 Å². The van der Waals surface area contributed by atoms with E-state index in [1.54, 1.807) is 17.0 Å². The maximum Gasteiger partial charge on any atom is 0.256 e. The van der Waals surface area contributed by atoms with E-state index in [1.165, 1.54) is 17.7 Å². The van der Waals surface area contributed by atoms with Gasteiger partial charge in [0, 0.05) is 26.2 Å². The van der Waals surface area contributed by atoms with Crippen molar-refractivity contribution in [1.29, 1.82) is 0 Å². The molecule has 0 bridgehead atoms. The van der Waals surface area contributed by atoms with E-state index in [2.05, 4.69) is 43.4 Å². The number of carbonyl (C=O) groups is 1. The molecule has 3 rings (SSSR count). The molecule has 0 saturated carbocycles. The van der Waals surface area contributed by atoms with Crippen LogP contribution in [0.5, 0.6) is 0 Å². The number of carbonyl (C=O) groups excluding carboxylic acids is 1. The highest BCUT2D eigenvalue weighted by Crippen LogP contribution is 2.24. The van der Waals surface area contributed by atoms with Crippen LogP contribution in [0.4, 0.5) is 4.39 Å². The van der Waals surface area contributed by atoms with Gasteiger partial charge in [0.15, 0.2) is 5.60 Å². The minimum Gasteiger partial charge on any atom is -0.379 e. The van der Waals surface area contributed by atoms with Gasteiger partial charge in [-0.25, -0.2) is 4.39 Å². The first-order valence-electron chi connectivity index (χ1n) is 9.93. The van der Waals surface area contributed by atoms with Crippen LogP contribution in [-0.4, -0.2) is 34.6 Å². The van der Waals surface area contributed by atoms with Gasteiger partial charge in [-0.1, -0.05) is 50.2 Å². The maximum absolute atomic E-state index is 13.0. The molecular weight excluding hydrogens is 355 g/mol. The normalized spacial score (nSPS) is 20.0. The Morgan fingerprint density at radius 1 is 1.11 bits per heavy atom. The van der Waals surface area contributed by atoms with Gasteiger partial charge in [0.25, 0.3) is 5.91 Å². The number of amides is 1. The lowest BCUT2D eigenvalue weighted by Gasteiger charge is -2.38. The molecule has 1 saturated heterocycles. The number of nitrogens with one attached hydrogen (secondary N) is 1. The molecule has 2 N–H and O–H groups in total. The predicted octanol–water partition coefficient (Wildman–Crippen LogP) is 3.59. The standard InChI is InChI=1S/C23H29FN2O2/c1-17(2)20-8-4-19(5-9-20)15-26-13-3-12-23(28,22(26)27)16-25-14-18-6-10-21(24)11-7-18/h4-11,17,25,28H,3,12-16H2,1-2H3/t23-/m0/s1. The average molecular weight is 384 g/mol. The van der Waals surface area contributed by atoms with Crippen LogP contribution < -0.4 is 5.32 Å². The highest BCUT2D eigenvalue weighted by atomic mass is 19.1. The fourth-order valence-electron chi connectivity index (χ4n) is 3.62. The topological polar surface area (TPSA) is 52.6 Å². The quantitative estimate of drug-likeness (QED) is 0.767. The molecule has 0 unspecified atom stereocenters. The van der Waals surface area contributed by atoms with E-state index in [0.717, 1.165) is 17.5 Å². The summed E-state index contributed by atoms with van der Waals surface area (Å²) in [6.45, 7) is 6.14. The summed E-state index contributed by atoms with van der Waals surface area (Å²) >= 11 is 0. The molecule has 4 nitrogen and oxygen atoms in total. The van der Waals surface area contributed by atoms with E-state index in [9.17, 15) is 14.3 Å². The van der Waals surface area contributed by atoms with Crippen molar-refractivity contribution in [3.63, 3.8) is 0 Å². The van der Waals surface area contributed by atoms with E-state index < -0.39 is 5.60 Å². The molecule has 1 heterocycles. The molecule has 1 aliphatic heterocycles. The molecule has 0 aromatic heterocycles. The average Bonchev–Trinajstić information content (AvgIpc) is 2.68. The Bertz CT molecular complexity index is 789. The lowest BCUT2D eigenvalue weighted by molar-refractivity contribution is -0.157. The molecular formula is C23H29FN2O2. The number of aliphatic hydroxyl groups is 1. The van der Waals surface area contributed by atoms with Crippen LogP contribution in [0.25, 0.3) is 0 Å². The van der Waals surface area contributed by atoms with Crippen LogP contribution in [0, 0.1) is 5.82 Å². The first kappa shape index (κ1) is 20.5. The van der Waals surface area contributed by atoms with Crippen molar-refractivity contribution in [2.45, 2.75) is 51.3 Å². The smallest absolute Gasteiger partial charge is 0.256 e. The van der Waals surface area contributed by atoms with Crippen molar-refractivity contribution in [1.82, 2.24) is 10.2 Å². The number of nitrogens with zero attached hydrogens (tertiary/aromatic N) is 1. The zero-order valence-electron chi connectivity index (χ0n) is 16.6. The molecule has 150 valence electrons. The van der Waals surface area contributed by atoms with Gasteiger partial charge in [0.1, 0.15) is 5.82 Å². The fourth-order valence-corrected chi connectivity index (χ4v) is 3.62. The minimum atomic E-state index is -1.39. The summed E-state index contributed by atoms with van der Waals surface area (Å²) in [6.07, 6.45) is 1.22. The van der Waals surface area contributed by atoms with Crippen LogP contribution in [0.15, 0.2) is 48.5 Å². The highest BCUT2D eigenvalue weighted by molar-refractivity contribution is 5.86. The third kappa shape index (κ3) is 4.97. The van der Waals surface area contributed by atoms with E-state index >= 15 is 0 Å². The first-order chi connectivity index (χ1) is 13.4. The third-order valence-electron chi connectivity index (χ3n) is 5.38. The van der Waals surface area contributed by atoms with E-state index in [1.807, 2.05) is 0 Å². The molecule has 1 atom stereocenters. The van der Waals surface area contributed by atoms with E-state index in [4.69, 9.17) is 0 Å². The highest BCUT2D eigenvalue weighted by Gasteiger charge is 2.41. The number of hydrogen-bond acceptors (Lipinski definition) is 3. The zero-order chi connectivity index (χ0) is 20.1. The van der Waals surface area contributed by atoms with Crippen LogP contribution >= 0.6 is 0 Å². The summed E-state index contributed by atoms with van der Waals surface area (Å²) in [6, 6.07) is 14.5. The van der Waals surface area contributed by atoms with Crippen molar-refractivity contribution >= 4 is 5.91 Å². The summed E-state index contributed by atoms with van der Waals surface area (Å²) in [5.74, 6) is -0.0249. The minimum absolute atomic E-state index is 0.187. The second kappa shape index (κ2) is 8.84. The second-order valence-electron chi connectivity index (χ2n) is 7.99. The van der Waals surface area contributed by atoms with Crippen LogP contribution in [-0.2, 0) is 17.9 Å². The number of likely N-dealkylation sites (tertiary alicyclic amines) is 1. The molecule has 0 spiro atoms. The zero-order valence-corrected chi connectivity index (χ0v) is 16.6. The second-order valence-corrected chi connectivity index (χ2v) is 7.99. The molecule has 5 heteroatoms. The fraction of sp³-hybridized carbons (Fsp3) is 0.435. The summed E-state index contributed by atoms with van der Waals surface area (Å²) in [5, 5.41) is 14.1. The Labute approximate surface area is 166 Å². The number of rotatable bonds is 7. The van der Waals surface area contributed by atoms with Gasteiger partial charge in [-0.05, 0) is 47.6 Å². The van der Waals surface area contributed by atoms with Gasteiger partial charge in [0.2, 0.25) is 0 Å². The Morgan fingerprint density at radius 2 is 1.75 bits per heavy atom. The van der Waals surface area contributed by atoms with Gasteiger partial charge < -0.3 is 15.3 Å². The number of benzene rings is 2. The van der Waals surface area contributed by atoms with Gasteiger partial charge in [-0.15, -0.1) is 0 Å². The lowest BCUT2D eigenvalue weighted by atomic mass is 9.91.